The number of nitrogens with zero attached hydrogens (tertiary/aromatic N) is 1. The van der Waals surface area contributed by atoms with Crippen LogP contribution in [0.2, 0.25) is 0 Å². The summed E-state index contributed by atoms with van der Waals surface area (Å²) in [6, 6.07) is 3.39. The fraction of sp³-hybridized carbons (Fsp3) is 0.200. The van der Waals surface area contributed by atoms with Crippen molar-refractivity contribution in [2.24, 2.45) is 0 Å². The summed E-state index contributed by atoms with van der Waals surface area (Å²) in [5.74, 6) is -1.14. The molecule has 0 aliphatic heterocycles. The van der Waals surface area contributed by atoms with E-state index in [1.54, 1.807) is 0 Å². The zero-order valence-corrected chi connectivity index (χ0v) is 7.87. The molecule has 0 bridgehead atoms. The number of aryl methyl sites for hydroxylation is 2. The molecule has 2 heterocycles. The second-order valence-corrected chi connectivity index (χ2v) is 3.22. The van der Waals surface area contributed by atoms with Gasteiger partial charge in [0.25, 0.3) is 0 Å². The van der Waals surface area contributed by atoms with E-state index in [4.69, 9.17) is 9.52 Å². The van der Waals surface area contributed by atoms with Gasteiger partial charge in [0.1, 0.15) is 0 Å². The van der Waals surface area contributed by atoms with Gasteiger partial charge in [-0.05, 0) is 25.5 Å². The minimum absolute atomic E-state index is 0.0683. The minimum atomic E-state index is -1.07. The maximum atomic E-state index is 10.6. The predicted octanol–water partition coefficient (Wildman–Crippen LogP) is 2.14. The molecule has 0 fully saturated rings. The van der Waals surface area contributed by atoms with Crippen LogP contribution in [0.15, 0.2) is 16.5 Å². The highest BCUT2D eigenvalue weighted by Gasteiger charge is 2.12. The van der Waals surface area contributed by atoms with E-state index in [2.05, 4.69) is 4.98 Å². The summed E-state index contributed by atoms with van der Waals surface area (Å²) in [4.78, 5) is 14.8. The molecule has 0 unspecified atom stereocenters. The Labute approximate surface area is 80.2 Å². The van der Waals surface area contributed by atoms with E-state index >= 15 is 0 Å². The second-order valence-electron chi connectivity index (χ2n) is 3.22. The lowest BCUT2D eigenvalue weighted by molar-refractivity contribution is 0.0664. The molecule has 2 aromatic heterocycles. The average Bonchev–Trinajstić information content (AvgIpc) is 2.47. The van der Waals surface area contributed by atoms with E-state index in [1.807, 2.05) is 19.9 Å². The lowest BCUT2D eigenvalue weighted by Crippen LogP contribution is -1.91. The van der Waals surface area contributed by atoms with Crippen molar-refractivity contribution in [1.82, 2.24) is 4.98 Å². The Morgan fingerprint density at radius 3 is 2.79 bits per heavy atom. The van der Waals surface area contributed by atoms with Gasteiger partial charge < -0.3 is 9.52 Å². The van der Waals surface area contributed by atoms with Crippen LogP contribution < -0.4 is 0 Å². The molecule has 0 saturated heterocycles. The van der Waals surface area contributed by atoms with E-state index in [0.29, 0.717) is 5.71 Å². The van der Waals surface area contributed by atoms with E-state index < -0.39 is 5.97 Å². The van der Waals surface area contributed by atoms with Gasteiger partial charge in [-0.25, -0.2) is 9.78 Å². The van der Waals surface area contributed by atoms with Crippen LogP contribution in [0.1, 0.15) is 21.8 Å². The third-order valence-corrected chi connectivity index (χ3v) is 2.05. The fourth-order valence-electron chi connectivity index (χ4n) is 1.44. The topological polar surface area (TPSA) is 63.3 Å². The first-order valence-corrected chi connectivity index (χ1v) is 4.19. The van der Waals surface area contributed by atoms with Crippen molar-refractivity contribution in [1.29, 1.82) is 0 Å². The number of pyridine rings is 1. The predicted molar refractivity (Wildman–Crippen MR) is 50.4 cm³/mol. The smallest absolute Gasteiger partial charge is 0.371 e. The van der Waals surface area contributed by atoms with Crippen LogP contribution in [0.4, 0.5) is 0 Å². The Hall–Kier alpha value is -1.84. The number of hydrogen-bond acceptors (Lipinski definition) is 3. The van der Waals surface area contributed by atoms with Crippen molar-refractivity contribution in [2.75, 3.05) is 0 Å². The van der Waals surface area contributed by atoms with Crippen LogP contribution in [0.5, 0.6) is 0 Å². The van der Waals surface area contributed by atoms with Gasteiger partial charge in [-0.2, -0.15) is 0 Å². The first-order valence-electron chi connectivity index (χ1n) is 4.19. The molecule has 0 saturated carbocycles. The highest BCUT2D eigenvalue weighted by atomic mass is 16.4. The largest absolute Gasteiger partial charge is 0.475 e. The number of carbonyl (C=O) groups is 1. The highest BCUT2D eigenvalue weighted by molar-refractivity contribution is 5.91. The molecule has 14 heavy (non-hydrogen) atoms. The molecule has 0 aliphatic carbocycles. The second kappa shape index (κ2) is 2.83. The number of carboxylic acids is 1. The standard InChI is InChI=1S/C10H9NO3/c1-5-3-6(2)11-9-7(5)4-8(14-9)10(12)13/h3-4H,1-2H3,(H,12,13). The van der Waals surface area contributed by atoms with E-state index in [9.17, 15) is 4.79 Å². The summed E-state index contributed by atoms with van der Waals surface area (Å²) in [6.45, 7) is 3.74. The zero-order chi connectivity index (χ0) is 10.3. The van der Waals surface area contributed by atoms with Gasteiger partial charge in [-0.1, -0.05) is 0 Å². The van der Waals surface area contributed by atoms with Crippen molar-refractivity contribution < 1.29 is 14.3 Å². The van der Waals surface area contributed by atoms with Gasteiger partial charge >= 0.3 is 5.97 Å². The molecule has 0 atom stereocenters. The number of carboxylic acid groups (broad SMARTS) is 1. The molecule has 2 rings (SSSR count). The maximum Gasteiger partial charge on any atom is 0.371 e. The van der Waals surface area contributed by atoms with E-state index in [-0.39, 0.29) is 5.76 Å². The molecule has 0 aromatic carbocycles. The number of fused-ring (bicyclic) bond motifs is 1. The third-order valence-electron chi connectivity index (χ3n) is 2.05. The summed E-state index contributed by atoms with van der Waals surface area (Å²) in [5, 5.41) is 9.48. The molecule has 2 aromatic rings. The van der Waals surface area contributed by atoms with Crippen LogP contribution in [-0.4, -0.2) is 16.1 Å². The minimum Gasteiger partial charge on any atom is -0.475 e. The lowest BCUT2D eigenvalue weighted by Gasteiger charge is -1.95. The molecule has 4 nitrogen and oxygen atoms in total. The van der Waals surface area contributed by atoms with Crippen LogP contribution in [0.25, 0.3) is 11.1 Å². The summed E-state index contributed by atoms with van der Waals surface area (Å²) in [5.41, 5.74) is 2.19. The van der Waals surface area contributed by atoms with Crippen LogP contribution in [-0.2, 0) is 0 Å². The molecular formula is C10H9NO3. The van der Waals surface area contributed by atoms with Crippen LogP contribution in [0, 0.1) is 13.8 Å². The summed E-state index contributed by atoms with van der Waals surface area (Å²) in [7, 11) is 0. The Kier molecular flexibility index (Phi) is 1.77. The third kappa shape index (κ3) is 1.25. The Balaban J connectivity index is 2.76. The maximum absolute atomic E-state index is 10.6. The first kappa shape index (κ1) is 8.74. The molecule has 0 spiro atoms. The summed E-state index contributed by atoms with van der Waals surface area (Å²) >= 11 is 0. The number of rotatable bonds is 1. The number of aromatic nitrogens is 1. The number of hydrogen-bond donors (Lipinski definition) is 1. The van der Waals surface area contributed by atoms with Gasteiger partial charge in [0.15, 0.2) is 0 Å². The Morgan fingerprint density at radius 2 is 2.14 bits per heavy atom. The number of aromatic carboxylic acids is 1. The van der Waals surface area contributed by atoms with Crippen molar-refractivity contribution in [2.45, 2.75) is 13.8 Å². The Morgan fingerprint density at radius 1 is 1.43 bits per heavy atom. The molecule has 1 N–H and O–H groups in total. The highest BCUT2D eigenvalue weighted by Crippen LogP contribution is 2.21. The monoisotopic (exact) mass is 191 g/mol. The normalized spacial score (nSPS) is 10.7. The van der Waals surface area contributed by atoms with Gasteiger partial charge in [0, 0.05) is 17.1 Å². The van der Waals surface area contributed by atoms with Gasteiger partial charge in [0.05, 0.1) is 0 Å². The fourth-order valence-corrected chi connectivity index (χ4v) is 1.44. The van der Waals surface area contributed by atoms with Crippen LogP contribution >= 0.6 is 0 Å². The summed E-state index contributed by atoms with van der Waals surface area (Å²) in [6.07, 6.45) is 0. The SMILES string of the molecule is Cc1cc(C)c2cc(C(=O)O)oc2n1. The van der Waals surface area contributed by atoms with E-state index in [0.717, 1.165) is 16.6 Å². The molecule has 0 amide bonds. The van der Waals surface area contributed by atoms with Crippen molar-refractivity contribution in [3.8, 4) is 0 Å². The molecular weight excluding hydrogens is 182 g/mol. The quantitative estimate of drug-likeness (QED) is 0.750. The molecule has 72 valence electrons. The lowest BCUT2D eigenvalue weighted by atomic mass is 10.2. The number of furan rings is 1. The zero-order valence-electron chi connectivity index (χ0n) is 7.87. The molecule has 4 heteroatoms. The van der Waals surface area contributed by atoms with Crippen LogP contribution in [0.3, 0.4) is 0 Å². The van der Waals surface area contributed by atoms with Crippen molar-refractivity contribution in [3.05, 3.63) is 29.2 Å². The van der Waals surface area contributed by atoms with Crippen molar-refractivity contribution in [3.63, 3.8) is 0 Å². The Bertz CT molecular complexity index is 513. The molecule has 0 radical (unpaired) electrons. The van der Waals surface area contributed by atoms with Gasteiger partial charge in [-0.15, -0.1) is 0 Å². The first-order chi connectivity index (χ1) is 6.58. The average molecular weight is 191 g/mol. The molecule has 0 aliphatic rings. The summed E-state index contributed by atoms with van der Waals surface area (Å²) < 4.78 is 5.08. The van der Waals surface area contributed by atoms with E-state index in [1.165, 1.54) is 6.07 Å². The van der Waals surface area contributed by atoms with Crippen molar-refractivity contribution >= 4 is 17.1 Å². The van der Waals surface area contributed by atoms with Gasteiger partial charge in [0.2, 0.25) is 11.5 Å². The van der Waals surface area contributed by atoms with Gasteiger partial charge in [-0.3, -0.25) is 0 Å².